The van der Waals surface area contributed by atoms with Crippen LogP contribution in [0.15, 0.2) is 17.0 Å². The summed E-state index contributed by atoms with van der Waals surface area (Å²) in [6.07, 6.45) is -16.9. The minimum Gasteiger partial charge on any atom is -0.227 e. The van der Waals surface area contributed by atoms with E-state index in [1.54, 1.807) is 0 Å². The third-order valence-electron chi connectivity index (χ3n) is 2.23. The van der Waals surface area contributed by atoms with Gasteiger partial charge >= 0.3 is 18.5 Å². The van der Waals surface area contributed by atoms with Gasteiger partial charge in [0.05, 0.1) is 21.6 Å². The molecule has 2 nitrogen and oxygen atoms in total. The highest BCUT2D eigenvalue weighted by molar-refractivity contribution is 7.72. The van der Waals surface area contributed by atoms with Crippen molar-refractivity contribution in [3.05, 3.63) is 28.8 Å². The lowest BCUT2D eigenvalue weighted by molar-refractivity contribution is -0.151. The molecule has 0 spiro atoms. The smallest absolute Gasteiger partial charge is 0.227 e. The molecule has 0 aliphatic rings. The standard InChI is InChI=1S/C9H3F9O2S/c10-7(11,12)3-1-4(8(13,14)15)6(21(19)20)5(2-3)9(16,17)18/h1-2,21H. The summed E-state index contributed by atoms with van der Waals surface area (Å²) in [6.45, 7) is 0. The maximum atomic E-state index is 12.5. The Bertz CT molecular complexity index is 579. The van der Waals surface area contributed by atoms with Crippen LogP contribution >= 0.6 is 0 Å². The fraction of sp³-hybridized carbons (Fsp3) is 0.333. The van der Waals surface area contributed by atoms with Crippen LogP contribution in [0.1, 0.15) is 16.7 Å². The van der Waals surface area contributed by atoms with Crippen LogP contribution in [-0.2, 0) is 29.2 Å². The zero-order valence-corrected chi connectivity index (χ0v) is 10.2. The first-order valence-electron chi connectivity index (χ1n) is 4.69. The summed E-state index contributed by atoms with van der Waals surface area (Å²) in [5, 5.41) is 0. The van der Waals surface area contributed by atoms with Crippen molar-refractivity contribution in [3.8, 4) is 0 Å². The third kappa shape index (κ3) is 3.80. The van der Waals surface area contributed by atoms with E-state index < -0.39 is 63.0 Å². The molecule has 0 atom stereocenters. The van der Waals surface area contributed by atoms with Crippen molar-refractivity contribution in [2.45, 2.75) is 23.4 Å². The second-order valence-electron chi connectivity index (χ2n) is 3.67. The van der Waals surface area contributed by atoms with Gasteiger partial charge in [0.2, 0.25) is 0 Å². The van der Waals surface area contributed by atoms with E-state index in [1.807, 2.05) is 0 Å². The topological polar surface area (TPSA) is 34.1 Å². The van der Waals surface area contributed by atoms with E-state index in [9.17, 15) is 47.9 Å². The largest absolute Gasteiger partial charge is 0.417 e. The van der Waals surface area contributed by atoms with Crippen molar-refractivity contribution in [3.63, 3.8) is 0 Å². The second-order valence-corrected chi connectivity index (χ2v) is 4.63. The molecule has 0 bridgehead atoms. The molecule has 0 heterocycles. The maximum Gasteiger partial charge on any atom is 0.417 e. The van der Waals surface area contributed by atoms with Crippen molar-refractivity contribution in [1.82, 2.24) is 0 Å². The molecular formula is C9H3F9O2S. The number of benzene rings is 1. The van der Waals surface area contributed by atoms with Gasteiger partial charge in [-0.05, 0) is 12.1 Å². The Morgan fingerprint density at radius 2 is 1.00 bits per heavy atom. The summed E-state index contributed by atoms with van der Waals surface area (Å²) in [5.41, 5.74) is -7.27. The van der Waals surface area contributed by atoms with E-state index in [0.717, 1.165) is 0 Å². The van der Waals surface area contributed by atoms with Crippen molar-refractivity contribution in [2.24, 2.45) is 0 Å². The molecule has 21 heavy (non-hydrogen) atoms. The van der Waals surface area contributed by atoms with Gasteiger partial charge in [0.1, 0.15) is 0 Å². The van der Waals surface area contributed by atoms with Crippen LogP contribution in [0.5, 0.6) is 0 Å². The Morgan fingerprint density at radius 3 is 1.19 bits per heavy atom. The van der Waals surface area contributed by atoms with Crippen molar-refractivity contribution >= 4 is 10.7 Å². The second kappa shape index (κ2) is 5.07. The van der Waals surface area contributed by atoms with E-state index >= 15 is 0 Å². The molecule has 0 fully saturated rings. The number of rotatable bonds is 1. The summed E-state index contributed by atoms with van der Waals surface area (Å²) in [6, 6.07) is -1.34. The molecular weight excluding hydrogens is 343 g/mol. The lowest BCUT2D eigenvalue weighted by Crippen LogP contribution is -2.19. The molecule has 1 rings (SSSR count). The minimum absolute atomic E-state index is 0.671. The van der Waals surface area contributed by atoms with Crippen LogP contribution in [0.2, 0.25) is 0 Å². The van der Waals surface area contributed by atoms with Crippen LogP contribution in [-0.4, -0.2) is 8.42 Å². The SMILES string of the molecule is O=[SH](=O)c1c(C(F)(F)F)cc(C(F)(F)F)cc1C(F)(F)F. The number of hydrogen-bond donors (Lipinski definition) is 1. The highest BCUT2D eigenvalue weighted by Gasteiger charge is 2.45. The number of thiol groups is 1. The third-order valence-corrected chi connectivity index (χ3v) is 3.08. The quantitative estimate of drug-likeness (QED) is 0.621. The zero-order chi connectivity index (χ0) is 16.8. The molecule has 120 valence electrons. The molecule has 12 heteroatoms. The normalized spacial score (nSPS) is 13.8. The van der Waals surface area contributed by atoms with Gasteiger partial charge in [0.15, 0.2) is 10.7 Å². The molecule has 0 aromatic heterocycles. The Morgan fingerprint density at radius 1 is 0.667 bits per heavy atom. The molecule has 1 aromatic carbocycles. The summed E-state index contributed by atoms with van der Waals surface area (Å²) in [7, 11) is -4.42. The van der Waals surface area contributed by atoms with Gasteiger partial charge in [-0.2, -0.15) is 39.5 Å². The molecule has 0 aliphatic heterocycles. The van der Waals surface area contributed by atoms with Crippen LogP contribution in [0, 0.1) is 0 Å². The summed E-state index contributed by atoms with van der Waals surface area (Å²) in [5.74, 6) is 0. The predicted molar refractivity (Wildman–Crippen MR) is 50.0 cm³/mol. The van der Waals surface area contributed by atoms with Gasteiger partial charge in [0, 0.05) is 0 Å². The summed E-state index contributed by atoms with van der Waals surface area (Å²) < 4.78 is 134. The first kappa shape index (κ1) is 17.6. The highest BCUT2D eigenvalue weighted by Crippen LogP contribution is 2.43. The van der Waals surface area contributed by atoms with Crippen molar-refractivity contribution in [1.29, 1.82) is 0 Å². The molecule has 1 aromatic rings. The Hall–Kier alpha value is -1.46. The zero-order valence-electron chi connectivity index (χ0n) is 9.32. The van der Waals surface area contributed by atoms with Crippen LogP contribution in [0.3, 0.4) is 0 Å². The summed E-state index contributed by atoms with van der Waals surface area (Å²) >= 11 is 0. The predicted octanol–water partition coefficient (Wildman–Crippen LogP) is 3.71. The molecule has 0 aliphatic carbocycles. The van der Waals surface area contributed by atoms with Crippen LogP contribution in [0.25, 0.3) is 0 Å². The average molecular weight is 346 g/mol. The van der Waals surface area contributed by atoms with Gasteiger partial charge in [-0.1, -0.05) is 0 Å². The van der Waals surface area contributed by atoms with Gasteiger partial charge in [-0.25, -0.2) is 8.42 Å². The van der Waals surface area contributed by atoms with Gasteiger partial charge in [-0.15, -0.1) is 0 Å². The molecule has 0 saturated heterocycles. The van der Waals surface area contributed by atoms with Crippen molar-refractivity contribution in [2.75, 3.05) is 0 Å². The lowest BCUT2D eigenvalue weighted by atomic mass is 10.0. The Labute approximate surface area is 112 Å². The van der Waals surface area contributed by atoms with E-state index in [-0.39, 0.29) is 0 Å². The van der Waals surface area contributed by atoms with E-state index in [2.05, 4.69) is 0 Å². The Balaban J connectivity index is 3.94. The average Bonchev–Trinajstić information content (AvgIpc) is 2.23. The highest BCUT2D eigenvalue weighted by atomic mass is 32.2. The number of alkyl halides is 9. The van der Waals surface area contributed by atoms with E-state index in [0.29, 0.717) is 0 Å². The van der Waals surface area contributed by atoms with Crippen molar-refractivity contribution < 1.29 is 47.9 Å². The Kier molecular flexibility index (Phi) is 4.25. The summed E-state index contributed by atoms with van der Waals surface area (Å²) in [4.78, 5) is -2.24. The molecule has 0 amide bonds. The van der Waals surface area contributed by atoms with Crippen LogP contribution < -0.4 is 0 Å². The lowest BCUT2D eigenvalue weighted by Gasteiger charge is -2.18. The molecule has 0 radical (unpaired) electrons. The first-order chi connectivity index (χ1) is 9.15. The first-order valence-corrected chi connectivity index (χ1v) is 5.87. The van der Waals surface area contributed by atoms with E-state index in [1.165, 1.54) is 0 Å². The van der Waals surface area contributed by atoms with E-state index in [4.69, 9.17) is 0 Å². The number of halogens is 9. The molecule has 0 unspecified atom stereocenters. The minimum atomic E-state index is -5.70. The fourth-order valence-electron chi connectivity index (χ4n) is 1.43. The fourth-order valence-corrected chi connectivity index (χ4v) is 2.20. The monoisotopic (exact) mass is 346 g/mol. The molecule has 0 saturated carbocycles. The maximum absolute atomic E-state index is 12.5. The van der Waals surface area contributed by atoms with Crippen LogP contribution in [0.4, 0.5) is 39.5 Å². The number of hydrogen-bond acceptors (Lipinski definition) is 2. The molecule has 0 N–H and O–H groups in total. The van der Waals surface area contributed by atoms with Gasteiger partial charge in [-0.3, -0.25) is 0 Å². The van der Waals surface area contributed by atoms with Gasteiger partial charge in [0.25, 0.3) is 0 Å². The van der Waals surface area contributed by atoms with Gasteiger partial charge < -0.3 is 0 Å².